The molecule has 1 saturated carbocycles. The van der Waals surface area contributed by atoms with Gasteiger partial charge >= 0.3 is 5.97 Å². The average Bonchev–Trinajstić information content (AvgIpc) is 3.16. The first-order chi connectivity index (χ1) is 15.0. The number of benzene rings is 1. The molecular formula is C24H28N4O3. The number of hydrogen-bond acceptors (Lipinski definition) is 6. The van der Waals surface area contributed by atoms with Crippen molar-refractivity contribution in [1.82, 2.24) is 15.1 Å². The highest BCUT2D eigenvalue weighted by molar-refractivity contribution is 5.69. The molecule has 0 radical (unpaired) electrons. The van der Waals surface area contributed by atoms with E-state index in [1.54, 1.807) is 0 Å². The quantitative estimate of drug-likeness (QED) is 0.516. The van der Waals surface area contributed by atoms with E-state index in [4.69, 9.17) is 14.6 Å². The third kappa shape index (κ3) is 4.93. The molecule has 2 aromatic heterocycles. The monoisotopic (exact) mass is 420 g/mol. The maximum Gasteiger partial charge on any atom is 0.303 e. The lowest BCUT2D eigenvalue weighted by molar-refractivity contribution is -0.136. The Hall–Kier alpha value is -3.22. The molecule has 0 spiro atoms. The van der Waals surface area contributed by atoms with Crippen LogP contribution < -0.4 is 5.32 Å². The first-order valence-corrected chi connectivity index (χ1v) is 10.9. The number of aliphatic carboxylic acids is 1. The lowest BCUT2D eigenvalue weighted by Crippen LogP contribution is -2.07. The van der Waals surface area contributed by atoms with Crippen LogP contribution in [0, 0.1) is 13.8 Å². The van der Waals surface area contributed by atoms with Crippen molar-refractivity contribution in [3.63, 3.8) is 0 Å². The highest BCUT2D eigenvalue weighted by Crippen LogP contribution is 2.39. The molecule has 162 valence electrons. The molecule has 0 saturated heterocycles. The number of carboxylic acids is 1. The molecule has 1 aliphatic rings. The van der Waals surface area contributed by atoms with Gasteiger partial charge in [0, 0.05) is 24.2 Å². The maximum atomic E-state index is 10.7. The summed E-state index contributed by atoms with van der Waals surface area (Å²) in [6.07, 6.45) is 8.49. The van der Waals surface area contributed by atoms with Gasteiger partial charge in [0.05, 0.1) is 17.0 Å². The van der Waals surface area contributed by atoms with Crippen LogP contribution in [0.3, 0.4) is 0 Å². The predicted molar refractivity (Wildman–Crippen MR) is 119 cm³/mol. The highest BCUT2D eigenvalue weighted by Gasteiger charge is 2.26. The van der Waals surface area contributed by atoms with E-state index in [9.17, 15) is 4.79 Å². The smallest absolute Gasteiger partial charge is 0.303 e. The number of aromatic nitrogens is 3. The van der Waals surface area contributed by atoms with Crippen LogP contribution in [0.15, 0.2) is 35.0 Å². The zero-order valence-corrected chi connectivity index (χ0v) is 18.0. The minimum absolute atomic E-state index is 0.124. The summed E-state index contributed by atoms with van der Waals surface area (Å²) in [7, 11) is 0. The minimum Gasteiger partial charge on any atom is -0.481 e. The van der Waals surface area contributed by atoms with Gasteiger partial charge in [0.15, 0.2) is 0 Å². The van der Waals surface area contributed by atoms with Gasteiger partial charge in [0.25, 0.3) is 0 Å². The fourth-order valence-electron chi connectivity index (χ4n) is 4.22. The second-order valence-electron chi connectivity index (χ2n) is 8.27. The standard InChI is InChI=1S/C24H28N4O3/c1-15-14-25-24(26-19-11-8-17(9-12-19)10-13-20(29)30)27-22(15)21-16(2)31-28-23(21)18-6-4-3-5-7-18/h8-9,11-12,14,18H,3-7,10,13H2,1-2H3,(H,29,30)(H,25,26,27). The molecule has 0 amide bonds. The lowest BCUT2D eigenvalue weighted by atomic mass is 9.84. The van der Waals surface area contributed by atoms with E-state index in [0.717, 1.165) is 52.4 Å². The van der Waals surface area contributed by atoms with E-state index in [0.29, 0.717) is 18.3 Å². The molecule has 0 aliphatic heterocycles. The van der Waals surface area contributed by atoms with Gasteiger partial charge < -0.3 is 14.9 Å². The Kier molecular flexibility index (Phi) is 6.30. The van der Waals surface area contributed by atoms with E-state index in [-0.39, 0.29) is 6.42 Å². The van der Waals surface area contributed by atoms with Crippen molar-refractivity contribution in [2.45, 2.75) is 64.7 Å². The lowest BCUT2D eigenvalue weighted by Gasteiger charge is -2.20. The summed E-state index contributed by atoms with van der Waals surface area (Å²) in [6, 6.07) is 7.67. The summed E-state index contributed by atoms with van der Waals surface area (Å²) in [4.78, 5) is 20.0. The Balaban J connectivity index is 1.57. The van der Waals surface area contributed by atoms with Crippen molar-refractivity contribution < 1.29 is 14.4 Å². The third-order valence-corrected chi connectivity index (χ3v) is 5.93. The summed E-state index contributed by atoms with van der Waals surface area (Å²) in [6.45, 7) is 3.95. The first kappa shape index (κ1) is 21.0. The number of rotatable bonds is 7. The largest absolute Gasteiger partial charge is 0.481 e. The van der Waals surface area contributed by atoms with Gasteiger partial charge in [-0.05, 0) is 56.4 Å². The molecular weight excluding hydrogens is 392 g/mol. The molecule has 4 rings (SSSR count). The van der Waals surface area contributed by atoms with Crippen LogP contribution in [0.1, 0.15) is 67.0 Å². The molecule has 0 bridgehead atoms. The van der Waals surface area contributed by atoms with E-state index in [2.05, 4.69) is 15.5 Å². The number of aryl methyl sites for hydroxylation is 3. The Labute approximate surface area is 181 Å². The molecule has 7 heteroatoms. The number of carboxylic acid groups (broad SMARTS) is 1. The molecule has 1 aliphatic carbocycles. The third-order valence-electron chi connectivity index (χ3n) is 5.93. The van der Waals surface area contributed by atoms with Gasteiger partial charge in [-0.25, -0.2) is 9.97 Å². The molecule has 3 aromatic rings. The Bertz CT molecular complexity index is 1050. The van der Waals surface area contributed by atoms with Gasteiger partial charge in [0.1, 0.15) is 5.76 Å². The number of nitrogens with zero attached hydrogens (tertiary/aromatic N) is 3. The molecule has 31 heavy (non-hydrogen) atoms. The van der Waals surface area contributed by atoms with Gasteiger partial charge in [0.2, 0.25) is 5.95 Å². The fraction of sp³-hybridized carbons (Fsp3) is 0.417. The fourth-order valence-corrected chi connectivity index (χ4v) is 4.22. The first-order valence-electron chi connectivity index (χ1n) is 10.9. The maximum absolute atomic E-state index is 10.7. The normalized spacial score (nSPS) is 14.5. The number of hydrogen-bond donors (Lipinski definition) is 2. The Morgan fingerprint density at radius 2 is 1.90 bits per heavy atom. The number of anilines is 2. The van der Waals surface area contributed by atoms with Crippen LogP contribution in [0.25, 0.3) is 11.3 Å². The molecule has 2 N–H and O–H groups in total. The molecule has 0 atom stereocenters. The van der Waals surface area contributed by atoms with Crippen LogP contribution in [0.5, 0.6) is 0 Å². The Morgan fingerprint density at radius 1 is 1.16 bits per heavy atom. The molecule has 1 aromatic carbocycles. The van der Waals surface area contributed by atoms with E-state index >= 15 is 0 Å². The Morgan fingerprint density at radius 3 is 2.61 bits per heavy atom. The second kappa shape index (κ2) is 9.29. The van der Waals surface area contributed by atoms with Gasteiger partial charge in [-0.3, -0.25) is 4.79 Å². The number of carbonyl (C=O) groups is 1. The van der Waals surface area contributed by atoms with Crippen LogP contribution in [-0.2, 0) is 11.2 Å². The zero-order valence-electron chi connectivity index (χ0n) is 18.0. The van der Waals surface area contributed by atoms with Crippen LogP contribution >= 0.6 is 0 Å². The SMILES string of the molecule is Cc1cnc(Nc2ccc(CCC(=O)O)cc2)nc1-c1c(C2CCCCC2)noc1C. The van der Waals surface area contributed by atoms with E-state index in [1.165, 1.54) is 19.3 Å². The van der Waals surface area contributed by atoms with Gasteiger partial charge in [-0.2, -0.15) is 0 Å². The summed E-state index contributed by atoms with van der Waals surface area (Å²) < 4.78 is 5.60. The van der Waals surface area contributed by atoms with Crippen molar-refractivity contribution in [3.8, 4) is 11.3 Å². The van der Waals surface area contributed by atoms with Crippen LogP contribution in [0.2, 0.25) is 0 Å². The van der Waals surface area contributed by atoms with Crippen LogP contribution in [-0.4, -0.2) is 26.2 Å². The average molecular weight is 421 g/mol. The molecule has 0 unspecified atom stereocenters. The van der Waals surface area contributed by atoms with Gasteiger partial charge in [-0.15, -0.1) is 0 Å². The summed E-state index contributed by atoms with van der Waals surface area (Å²) in [5, 5.41) is 16.5. The van der Waals surface area contributed by atoms with Crippen molar-refractivity contribution in [2.24, 2.45) is 0 Å². The van der Waals surface area contributed by atoms with E-state index in [1.807, 2.05) is 44.3 Å². The minimum atomic E-state index is -0.792. The topological polar surface area (TPSA) is 101 Å². The van der Waals surface area contributed by atoms with E-state index < -0.39 is 5.97 Å². The van der Waals surface area contributed by atoms with Gasteiger partial charge in [-0.1, -0.05) is 36.6 Å². The molecule has 1 fully saturated rings. The second-order valence-corrected chi connectivity index (χ2v) is 8.27. The van der Waals surface area contributed by atoms with Crippen molar-refractivity contribution >= 4 is 17.6 Å². The highest BCUT2D eigenvalue weighted by atomic mass is 16.5. The molecule has 7 nitrogen and oxygen atoms in total. The summed E-state index contributed by atoms with van der Waals surface area (Å²) >= 11 is 0. The summed E-state index contributed by atoms with van der Waals surface area (Å²) in [5.41, 5.74) is 5.69. The number of nitrogens with one attached hydrogen (secondary N) is 1. The van der Waals surface area contributed by atoms with Crippen molar-refractivity contribution in [1.29, 1.82) is 0 Å². The van der Waals surface area contributed by atoms with Crippen LogP contribution in [0.4, 0.5) is 11.6 Å². The van der Waals surface area contributed by atoms with Crippen molar-refractivity contribution in [3.05, 3.63) is 53.0 Å². The molecule has 2 heterocycles. The predicted octanol–water partition coefficient (Wildman–Crippen LogP) is 5.56. The summed E-state index contributed by atoms with van der Waals surface area (Å²) in [5.74, 6) is 0.926. The van der Waals surface area contributed by atoms with Crippen molar-refractivity contribution in [2.75, 3.05) is 5.32 Å². The zero-order chi connectivity index (χ0) is 21.8.